The van der Waals surface area contributed by atoms with Gasteiger partial charge in [0.15, 0.2) is 0 Å². The van der Waals surface area contributed by atoms with Crippen molar-refractivity contribution >= 4 is 17.7 Å². The van der Waals surface area contributed by atoms with E-state index in [-0.39, 0.29) is 0 Å². The molecule has 54 valence electrons. The van der Waals surface area contributed by atoms with Gasteiger partial charge in [-0.3, -0.25) is 4.79 Å². The Morgan fingerprint density at radius 3 is 2.20 bits per heavy atom. The maximum absolute atomic E-state index is 10.3. The summed E-state index contributed by atoms with van der Waals surface area (Å²) in [7, 11) is 0. The molecular formula is C6H6O4. The molecule has 0 spiro atoms. The van der Waals surface area contributed by atoms with Crippen LogP contribution in [0.5, 0.6) is 0 Å². The highest BCUT2D eigenvalue weighted by Gasteiger charge is 2.11. The molecule has 0 aliphatic carbocycles. The second-order valence-electron chi connectivity index (χ2n) is 1.47. The van der Waals surface area contributed by atoms with Crippen LogP contribution in [-0.4, -0.2) is 17.7 Å². The summed E-state index contributed by atoms with van der Waals surface area (Å²) < 4.78 is 3.92. The van der Waals surface area contributed by atoms with Crippen molar-refractivity contribution in [2.24, 2.45) is 0 Å². The SMILES string of the molecule is C=CC(=O)OC(=O)C(C)=O. The molecule has 0 saturated carbocycles. The molecule has 0 fully saturated rings. The Kier molecular flexibility index (Phi) is 3.04. The van der Waals surface area contributed by atoms with Crippen LogP contribution in [-0.2, 0) is 19.1 Å². The molecule has 0 amide bonds. The summed E-state index contributed by atoms with van der Waals surface area (Å²) in [6, 6.07) is 0. The van der Waals surface area contributed by atoms with Crippen LogP contribution in [0.4, 0.5) is 0 Å². The summed E-state index contributed by atoms with van der Waals surface area (Å²) in [6.07, 6.45) is 0.806. The van der Waals surface area contributed by atoms with Crippen molar-refractivity contribution in [2.75, 3.05) is 0 Å². The van der Waals surface area contributed by atoms with Gasteiger partial charge in [0.1, 0.15) is 0 Å². The number of carbonyl (C=O) groups excluding carboxylic acids is 3. The van der Waals surface area contributed by atoms with Crippen LogP contribution in [0.3, 0.4) is 0 Å². The van der Waals surface area contributed by atoms with Crippen LogP contribution in [0.2, 0.25) is 0 Å². The zero-order chi connectivity index (χ0) is 8.15. The summed E-state index contributed by atoms with van der Waals surface area (Å²) in [5, 5.41) is 0. The molecule has 0 rings (SSSR count). The number of Topliss-reactive ketones (excluding diaryl/α,β-unsaturated/α-hetero) is 1. The molecule has 0 radical (unpaired) electrons. The van der Waals surface area contributed by atoms with E-state index in [1.165, 1.54) is 0 Å². The van der Waals surface area contributed by atoms with Gasteiger partial charge in [-0.2, -0.15) is 0 Å². The van der Waals surface area contributed by atoms with Gasteiger partial charge in [-0.1, -0.05) is 6.58 Å². The Bertz CT molecular complexity index is 192. The average Bonchev–Trinajstić information content (AvgIpc) is 1.87. The van der Waals surface area contributed by atoms with Gasteiger partial charge in [-0.15, -0.1) is 0 Å². The number of esters is 2. The highest BCUT2D eigenvalue weighted by molar-refractivity contribution is 6.34. The predicted molar refractivity (Wildman–Crippen MR) is 32.0 cm³/mol. The topological polar surface area (TPSA) is 60.4 Å². The van der Waals surface area contributed by atoms with Crippen LogP contribution in [0, 0.1) is 0 Å². The number of ketones is 1. The lowest BCUT2D eigenvalue weighted by Gasteiger charge is -1.92. The second kappa shape index (κ2) is 3.55. The van der Waals surface area contributed by atoms with Crippen LogP contribution in [0.25, 0.3) is 0 Å². The number of rotatable bonds is 2. The van der Waals surface area contributed by atoms with Gasteiger partial charge in [0.25, 0.3) is 0 Å². The molecule has 0 aromatic rings. The lowest BCUT2D eigenvalue weighted by Crippen LogP contribution is -2.16. The van der Waals surface area contributed by atoms with Crippen molar-refractivity contribution in [3.63, 3.8) is 0 Å². The zero-order valence-corrected chi connectivity index (χ0v) is 5.42. The molecule has 0 heterocycles. The standard InChI is InChI=1S/C6H6O4/c1-3-5(8)10-6(9)4(2)7/h3H,1H2,2H3. The fraction of sp³-hybridized carbons (Fsp3) is 0.167. The first-order chi connectivity index (χ1) is 4.57. The largest absolute Gasteiger partial charge is 0.384 e. The highest BCUT2D eigenvalue weighted by atomic mass is 16.6. The lowest BCUT2D eigenvalue weighted by atomic mass is 10.5. The van der Waals surface area contributed by atoms with E-state index in [0.717, 1.165) is 13.0 Å². The van der Waals surface area contributed by atoms with Crippen molar-refractivity contribution in [3.05, 3.63) is 12.7 Å². The van der Waals surface area contributed by atoms with E-state index < -0.39 is 17.7 Å². The van der Waals surface area contributed by atoms with Crippen LogP contribution < -0.4 is 0 Å². The number of ether oxygens (including phenoxy) is 1. The fourth-order valence-corrected chi connectivity index (χ4v) is 0.205. The summed E-state index contributed by atoms with van der Waals surface area (Å²) in [6.45, 7) is 4.05. The summed E-state index contributed by atoms with van der Waals surface area (Å²) in [4.78, 5) is 30.6. The van der Waals surface area contributed by atoms with Crippen molar-refractivity contribution in [3.8, 4) is 0 Å². The quantitative estimate of drug-likeness (QED) is 0.232. The minimum atomic E-state index is -1.16. The third-order valence-corrected chi connectivity index (χ3v) is 0.647. The third-order valence-electron chi connectivity index (χ3n) is 0.647. The molecule has 0 aromatic heterocycles. The van der Waals surface area contributed by atoms with Gasteiger partial charge in [-0.25, -0.2) is 9.59 Å². The molecule has 0 N–H and O–H groups in total. The molecule has 0 atom stereocenters. The van der Waals surface area contributed by atoms with E-state index in [1.54, 1.807) is 0 Å². The monoisotopic (exact) mass is 142 g/mol. The Hall–Kier alpha value is -1.45. The van der Waals surface area contributed by atoms with E-state index in [1.807, 2.05) is 0 Å². The first-order valence-corrected chi connectivity index (χ1v) is 2.47. The second-order valence-corrected chi connectivity index (χ2v) is 1.47. The van der Waals surface area contributed by atoms with E-state index in [9.17, 15) is 14.4 Å². The molecule has 10 heavy (non-hydrogen) atoms. The van der Waals surface area contributed by atoms with E-state index in [2.05, 4.69) is 11.3 Å². The van der Waals surface area contributed by atoms with Gasteiger partial charge in [0.2, 0.25) is 5.78 Å². The smallest absolute Gasteiger partial charge is 0.382 e. The molecule has 0 unspecified atom stereocenters. The number of hydrogen-bond acceptors (Lipinski definition) is 4. The van der Waals surface area contributed by atoms with Crippen molar-refractivity contribution in [1.82, 2.24) is 0 Å². The number of carbonyl (C=O) groups is 3. The predicted octanol–water partition coefficient (Wildman–Crippen LogP) is -0.169. The maximum atomic E-state index is 10.3. The van der Waals surface area contributed by atoms with Crippen LogP contribution >= 0.6 is 0 Å². The molecule has 0 aliphatic heterocycles. The van der Waals surface area contributed by atoms with E-state index in [0.29, 0.717) is 0 Å². The molecule has 4 heteroatoms. The summed E-state index contributed by atoms with van der Waals surface area (Å²) in [5.41, 5.74) is 0. The Morgan fingerprint density at radius 2 is 1.90 bits per heavy atom. The average molecular weight is 142 g/mol. The lowest BCUT2D eigenvalue weighted by molar-refractivity contribution is -0.161. The minimum Gasteiger partial charge on any atom is -0.384 e. The van der Waals surface area contributed by atoms with Crippen molar-refractivity contribution in [1.29, 1.82) is 0 Å². The Morgan fingerprint density at radius 1 is 1.40 bits per heavy atom. The number of hydrogen-bond donors (Lipinski definition) is 0. The van der Waals surface area contributed by atoms with Gasteiger partial charge in [0, 0.05) is 13.0 Å². The Balaban J connectivity index is 3.92. The minimum absolute atomic E-state index is 0.806. The summed E-state index contributed by atoms with van der Waals surface area (Å²) in [5.74, 6) is -2.89. The molecule has 0 aliphatic rings. The normalized spacial score (nSPS) is 8.10. The van der Waals surface area contributed by atoms with Gasteiger partial charge >= 0.3 is 11.9 Å². The molecule has 0 aromatic carbocycles. The Labute approximate surface area is 57.5 Å². The molecule has 4 nitrogen and oxygen atoms in total. The maximum Gasteiger partial charge on any atom is 0.382 e. The third kappa shape index (κ3) is 2.76. The van der Waals surface area contributed by atoms with Crippen LogP contribution in [0.1, 0.15) is 6.92 Å². The van der Waals surface area contributed by atoms with Gasteiger partial charge in [-0.05, 0) is 0 Å². The van der Waals surface area contributed by atoms with Crippen molar-refractivity contribution < 1.29 is 19.1 Å². The zero-order valence-electron chi connectivity index (χ0n) is 5.42. The summed E-state index contributed by atoms with van der Waals surface area (Å²) >= 11 is 0. The fourth-order valence-electron chi connectivity index (χ4n) is 0.205. The van der Waals surface area contributed by atoms with Crippen LogP contribution in [0.15, 0.2) is 12.7 Å². The van der Waals surface area contributed by atoms with E-state index >= 15 is 0 Å². The first kappa shape index (κ1) is 8.55. The molecular weight excluding hydrogens is 136 g/mol. The molecule has 0 bridgehead atoms. The van der Waals surface area contributed by atoms with E-state index in [4.69, 9.17) is 0 Å². The molecule has 0 saturated heterocycles. The first-order valence-electron chi connectivity index (χ1n) is 2.47. The highest BCUT2D eigenvalue weighted by Crippen LogP contribution is 1.82. The van der Waals surface area contributed by atoms with Gasteiger partial charge < -0.3 is 4.74 Å². The van der Waals surface area contributed by atoms with Crippen molar-refractivity contribution in [2.45, 2.75) is 6.92 Å². The van der Waals surface area contributed by atoms with Gasteiger partial charge in [0.05, 0.1) is 0 Å².